The Balaban J connectivity index is 2.07. The summed E-state index contributed by atoms with van der Waals surface area (Å²) in [5.74, 6) is -1.46. The first-order chi connectivity index (χ1) is 11.3. The third kappa shape index (κ3) is 2.33. The Bertz CT molecular complexity index is 457. The van der Waals surface area contributed by atoms with Crippen LogP contribution in [0.1, 0.15) is 12.8 Å². The second-order valence-electron chi connectivity index (χ2n) is 6.62. The summed E-state index contributed by atoms with van der Waals surface area (Å²) in [4.78, 5) is 26.6. The van der Waals surface area contributed by atoms with Crippen molar-refractivity contribution in [3.63, 3.8) is 0 Å². The monoisotopic (exact) mass is 346 g/mol. The molecule has 8 atom stereocenters. The van der Waals surface area contributed by atoms with E-state index in [1.165, 1.54) is 0 Å². The van der Waals surface area contributed by atoms with Gasteiger partial charge >= 0.3 is 0 Å². The molecule has 2 saturated carbocycles. The van der Waals surface area contributed by atoms with E-state index in [0.29, 0.717) is 0 Å². The molecule has 8 unspecified atom stereocenters. The number of aliphatic hydroxyl groups is 6. The minimum atomic E-state index is -1.37. The van der Waals surface area contributed by atoms with Crippen molar-refractivity contribution >= 4 is 11.8 Å². The number of amides is 2. The van der Waals surface area contributed by atoms with Gasteiger partial charge in [-0.3, -0.25) is 9.59 Å². The number of carbonyl (C=O) groups is 2. The first kappa shape index (κ1) is 17.5. The van der Waals surface area contributed by atoms with Crippen molar-refractivity contribution in [2.24, 2.45) is 0 Å². The molecule has 10 heteroatoms. The Morgan fingerprint density at radius 2 is 0.917 bits per heavy atom. The molecule has 1 aliphatic heterocycles. The summed E-state index contributed by atoms with van der Waals surface area (Å²) in [7, 11) is 0. The van der Waals surface area contributed by atoms with Crippen molar-refractivity contribution in [2.75, 3.05) is 13.2 Å². The van der Waals surface area contributed by atoms with E-state index in [1.807, 2.05) is 0 Å². The topological polar surface area (TPSA) is 162 Å². The van der Waals surface area contributed by atoms with Crippen molar-refractivity contribution in [3.8, 4) is 0 Å². The fraction of sp³-hybridized carbons (Fsp3) is 0.857. The van der Waals surface area contributed by atoms with E-state index in [-0.39, 0.29) is 12.8 Å². The van der Waals surface area contributed by atoms with Gasteiger partial charge in [0.2, 0.25) is 11.8 Å². The van der Waals surface area contributed by atoms with Crippen molar-refractivity contribution in [3.05, 3.63) is 0 Å². The highest BCUT2D eigenvalue weighted by Gasteiger charge is 2.59. The quantitative estimate of drug-likeness (QED) is 0.291. The zero-order valence-corrected chi connectivity index (χ0v) is 12.8. The van der Waals surface area contributed by atoms with Crippen LogP contribution in [0.5, 0.6) is 0 Å². The van der Waals surface area contributed by atoms with Crippen molar-refractivity contribution in [1.82, 2.24) is 9.80 Å². The average Bonchev–Trinajstić information content (AvgIpc) is 3.02. The number of hydrogen-bond acceptors (Lipinski definition) is 8. The molecule has 0 spiro atoms. The lowest BCUT2D eigenvalue weighted by Gasteiger charge is -2.40. The standard InChI is InChI=1S/C14H22N2O8/c17-3-9(19)15-5-1-6(12(22)11(5)21)16(10(20)4-18)8-2-7(15)13(23)14(8)24/h5-8,11-14,17-18,21-24H,1-4H2. The zero-order chi connectivity index (χ0) is 17.8. The number of rotatable bonds is 2. The molecule has 0 radical (unpaired) electrons. The van der Waals surface area contributed by atoms with Gasteiger partial charge in [-0.25, -0.2) is 0 Å². The highest BCUT2D eigenvalue weighted by molar-refractivity contribution is 5.80. The molecule has 136 valence electrons. The van der Waals surface area contributed by atoms with Crippen LogP contribution in [0.2, 0.25) is 0 Å². The molecule has 3 rings (SSSR count). The summed E-state index contributed by atoms with van der Waals surface area (Å²) < 4.78 is 0. The van der Waals surface area contributed by atoms with Gasteiger partial charge in [0.25, 0.3) is 0 Å². The maximum atomic E-state index is 12.2. The predicted octanol–water partition coefficient (Wildman–Crippen LogP) is -4.63. The summed E-state index contributed by atoms with van der Waals surface area (Å²) in [5.41, 5.74) is 0. The Kier molecular flexibility index (Phi) is 4.53. The van der Waals surface area contributed by atoms with Crippen LogP contribution in [-0.2, 0) is 9.59 Å². The van der Waals surface area contributed by atoms with Crippen LogP contribution in [0.4, 0.5) is 0 Å². The molecule has 24 heavy (non-hydrogen) atoms. The van der Waals surface area contributed by atoms with E-state index in [2.05, 4.69) is 0 Å². The van der Waals surface area contributed by atoms with E-state index < -0.39 is 73.6 Å². The van der Waals surface area contributed by atoms with Crippen LogP contribution in [0.15, 0.2) is 0 Å². The molecule has 2 aliphatic carbocycles. The van der Waals surface area contributed by atoms with Gasteiger partial charge < -0.3 is 40.4 Å². The summed E-state index contributed by atoms with van der Waals surface area (Å²) in [5, 5.41) is 59.7. The van der Waals surface area contributed by atoms with Crippen molar-refractivity contribution < 1.29 is 40.2 Å². The third-order valence-corrected chi connectivity index (χ3v) is 5.52. The first-order valence-electron chi connectivity index (χ1n) is 7.89. The van der Waals surface area contributed by atoms with Crippen LogP contribution in [0.25, 0.3) is 0 Å². The molecule has 1 heterocycles. The second kappa shape index (κ2) is 6.21. The SMILES string of the molecule is O=C(CO)N1C2CC(C(O)C2O)N(C(=O)CO)C2CC1C(O)C2O. The van der Waals surface area contributed by atoms with E-state index in [1.54, 1.807) is 0 Å². The minimum absolute atomic E-state index is 0.0201. The van der Waals surface area contributed by atoms with E-state index in [4.69, 9.17) is 0 Å². The molecule has 0 aromatic carbocycles. The largest absolute Gasteiger partial charge is 0.388 e. The van der Waals surface area contributed by atoms with Gasteiger partial charge in [-0.1, -0.05) is 0 Å². The summed E-state index contributed by atoms with van der Waals surface area (Å²) in [6.45, 7) is -1.68. The van der Waals surface area contributed by atoms with Gasteiger partial charge in [0.1, 0.15) is 37.6 Å². The molecular weight excluding hydrogens is 324 g/mol. The van der Waals surface area contributed by atoms with Gasteiger partial charge in [-0.15, -0.1) is 0 Å². The number of nitrogens with zero attached hydrogens (tertiary/aromatic N) is 2. The molecule has 3 fully saturated rings. The Morgan fingerprint density at radius 3 is 1.12 bits per heavy atom. The maximum absolute atomic E-state index is 12.2. The first-order valence-corrected chi connectivity index (χ1v) is 7.89. The zero-order valence-electron chi connectivity index (χ0n) is 12.8. The van der Waals surface area contributed by atoms with Crippen LogP contribution in [0, 0.1) is 0 Å². The normalized spacial score (nSPS) is 44.4. The molecular formula is C14H22N2O8. The van der Waals surface area contributed by atoms with Crippen LogP contribution in [-0.4, -0.2) is 114 Å². The van der Waals surface area contributed by atoms with E-state index in [0.717, 1.165) is 9.80 Å². The third-order valence-electron chi connectivity index (χ3n) is 5.52. The summed E-state index contributed by atoms with van der Waals surface area (Å²) in [6.07, 6.45) is -5.45. The van der Waals surface area contributed by atoms with Gasteiger partial charge in [-0.2, -0.15) is 0 Å². The Morgan fingerprint density at radius 1 is 0.667 bits per heavy atom. The molecule has 0 aromatic rings. The van der Waals surface area contributed by atoms with Crippen LogP contribution in [0.3, 0.4) is 0 Å². The van der Waals surface area contributed by atoms with E-state index >= 15 is 0 Å². The maximum Gasteiger partial charge on any atom is 0.248 e. The van der Waals surface area contributed by atoms with E-state index in [9.17, 15) is 40.2 Å². The van der Waals surface area contributed by atoms with Crippen LogP contribution >= 0.6 is 0 Å². The number of aliphatic hydroxyl groups excluding tert-OH is 6. The van der Waals surface area contributed by atoms with Gasteiger partial charge in [0, 0.05) is 0 Å². The lowest BCUT2D eigenvalue weighted by atomic mass is 10.0. The lowest BCUT2D eigenvalue weighted by molar-refractivity contribution is -0.148. The summed E-state index contributed by atoms with van der Waals surface area (Å²) in [6, 6.07) is -3.65. The smallest absolute Gasteiger partial charge is 0.248 e. The fourth-order valence-corrected chi connectivity index (χ4v) is 4.47. The molecule has 4 bridgehead atoms. The number of hydrogen-bond donors (Lipinski definition) is 6. The van der Waals surface area contributed by atoms with Crippen molar-refractivity contribution in [2.45, 2.75) is 61.4 Å². The average molecular weight is 346 g/mol. The van der Waals surface area contributed by atoms with Gasteiger partial charge in [0.05, 0.1) is 24.2 Å². The number of carbonyl (C=O) groups excluding carboxylic acids is 2. The van der Waals surface area contributed by atoms with Gasteiger partial charge in [0.15, 0.2) is 0 Å². The number of fused-ring (bicyclic) bond motifs is 4. The highest BCUT2D eigenvalue weighted by Crippen LogP contribution is 2.41. The summed E-state index contributed by atoms with van der Waals surface area (Å²) >= 11 is 0. The highest BCUT2D eigenvalue weighted by atomic mass is 16.3. The minimum Gasteiger partial charge on any atom is -0.388 e. The lowest BCUT2D eigenvalue weighted by Crippen LogP contribution is -2.56. The molecule has 0 aromatic heterocycles. The molecule has 1 saturated heterocycles. The predicted molar refractivity (Wildman–Crippen MR) is 76.3 cm³/mol. The van der Waals surface area contributed by atoms with Crippen molar-refractivity contribution in [1.29, 1.82) is 0 Å². The second-order valence-corrected chi connectivity index (χ2v) is 6.62. The molecule has 2 amide bonds. The molecule has 3 aliphatic rings. The van der Waals surface area contributed by atoms with Crippen LogP contribution < -0.4 is 0 Å². The molecule has 10 nitrogen and oxygen atoms in total. The van der Waals surface area contributed by atoms with Gasteiger partial charge in [-0.05, 0) is 12.8 Å². The Hall–Kier alpha value is -1.30. The Labute approximate surface area is 137 Å². The molecule has 6 N–H and O–H groups in total. The fourth-order valence-electron chi connectivity index (χ4n) is 4.47.